The Morgan fingerprint density at radius 1 is 1.37 bits per heavy atom. The summed E-state index contributed by atoms with van der Waals surface area (Å²) >= 11 is 3.37. The Kier molecular flexibility index (Phi) is 4.01. The van der Waals surface area contributed by atoms with E-state index in [4.69, 9.17) is 9.84 Å². The average Bonchev–Trinajstić information content (AvgIpc) is 2.39. The number of rotatable bonds is 4. The molecule has 0 saturated heterocycles. The monoisotopic (exact) mass is 322 g/mol. The Morgan fingerprint density at radius 2 is 2.16 bits per heavy atom. The SMILES string of the molecule is COc1ccc(Br)cc1Nc1cc(C(=O)O)ccn1. The van der Waals surface area contributed by atoms with Crippen molar-refractivity contribution in [2.24, 2.45) is 0 Å². The minimum absolute atomic E-state index is 0.173. The summed E-state index contributed by atoms with van der Waals surface area (Å²) in [5.41, 5.74) is 0.873. The third-order valence-electron chi connectivity index (χ3n) is 2.43. The van der Waals surface area contributed by atoms with Gasteiger partial charge in [-0.3, -0.25) is 0 Å². The van der Waals surface area contributed by atoms with Crippen molar-refractivity contribution in [2.75, 3.05) is 12.4 Å². The molecule has 0 amide bonds. The van der Waals surface area contributed by atoms with Crippen LogP contribution in [-0.2, 0) is 0 Å². The second-order valence-electron chi connectivity index (χ2n) is 3.70. The van der Waals surface area contributed by atoms with E-state index in [1.54, 1.807) is 13.2 Å². The summed E-state index contributed by atoms with van der Waals surface area (Å²) in [7, 11) is 1.56. The lowest BCUT2D eigenvalue weighted by Crippen LogP contribution is -2.01. The number of halogens is 1. The van der Waals surface area contributed by atoms with Crippen molar-refractivity contribution >= 4 is 33.4 Å². The molecular weight excluding hydrogens is 312 g/mol. The molecule has 0 aliphatic heterocycles. The molecule has 19 heavy (non-hydrogen) atoms. The summed E-state index contributed by atoms with van der Waals surface area (Å²) in [6, 6.07) is 8.38. The lowest BCUT2D eigenvalue weighted by atomic mass is 10.2. The quantitative estimate of drug-likeness (QED) is 0.903. The fraction of sp³-hybridized carbons (Fsp3) is 0.0769. The maximum Gasteiger partial charge on any atom is 0.335 e. The molecule has 2 rings (SSSR count). The first-order valence-corrected chi connectivity index (χ1v) is 6.19. The van der Waals surface area contributed by atoms with Crippen LogP contribution in [0.3, 0.4) is 0 Å². The lowest BCUT2D eigenvalue weighted by molar-refractivity contribution is 0.0697. The van der Waals surface area contributed by atoms with E-state index in [0.717, 1.165) is 4.47 Å². The fourth-order valence-electron chi connectivity index (χ4n) is 1.55. The van der Waals surface area contributed by atoms with Crippen molar-refractivity contribution < 1.29 is 14.6 Å². The van der Waals surface area contributed by atoms with Crippen molar-refractivity contribution in [3.8, 4) is 5.75 Å². The smallest absolute Gasteiger partial charge is 0.335 e. The van der Waals surface area contributed by atoms with Crippen LogP contribution in [0.4, 0.5) is 11.5 Å². The number of pyridine rings is 1. The molecule has 0 aliphatic rings. The number of hydrogen-bond donors (Lipinski definition) is 2. The summed E-state index contributed by atoms with van der Waals surface area (Å²) in [5, 5.41) is 12.0. The van der Waals surface area contributed by atoms with Crippen LogP contribution in [0, 0.1) is 0 Å². The molecular formula is C13H11BrN2O3. The number of carboxylic acids is 1. The van der Waals surface area contributed by atoms with Gasteiger partial charge in [0.15, 0.2) is 0 Å². The van der Waals surface area contributed by atoms with Gasteiger partial charge in [0.1, 0.15) is 11.6 Å². The second kappa shape index (κ2) is 5.71. The molecule has 0 aliphatic carbocycles. The summed E-state index contributed by atoms with van der Waals surface area (Å²) in [6.45, 7) is 0. The molecule has 1 aromatic carbocycles. The van der Waals surface area contributed by atoms with E-state index >= 15 is 0 Å². The molecule has 98 valence electrons. The van der Waals surface area contributed by atoms with Gasteiger partial charge in [0.25, 0.3) is 0 Å². The molecule has 0 unspecified atom stereocenters. The minimum atomic E-state index is -0.994. The molecule has 0 spiro atoms. The maximum atomic E-state index is 10.9. The van der Waals surface area contributed by atoms with E-state index in [2.05, 4.69) is 26.2 Å². The number of methoxy groups -OCH3 is 1. The first-order chi connectivity index (χ1) is 9.10. The molecule has 1 heterocycles. The van der Waals surface area contributed by atoms with E-state index in [1.807, 2.05) is 12.1 Å². The Hall–Kier alpha value is -2.08. The fourth-order valence-corrected chi connectivity index (χ4v) is 1.91. The third-order valence-corrected chi connectivity index (χ3v) is 2.92. The molecule has 0 radical (unpaired) electrons. The molecule has 0 atom stereocenters. The number of carbonyl (C=O) groups is 1. The van der Waals surface area contributed by atoms with E-state index in [9.17, 15) is 4.79 Å². The van der Waals surface area contributed by atoms with Crippen molar-refractivity contribution in [3.05, 3.63) is 46.6 Å². The normalized spacial score (nSPS) is 10.0. The van der Waals surface area contributed by atoms with Gasteiger partial charge in [-0.25, -0.2) is 9.78 Å². The van der Waals surface area contributed by atoms with Crippen LogP contribution >= 0.6 is 15.9 Å². The Morgan fingerprint density at radius 3 is 2.84 bits per heavy atom. The molecule has 0 bridgehead atoms. The highest BCUT2D eigenvalue weighted by Crippen LogP contribution is 2.30. The van der Waals surface area contributed by atoms with Crippen molar-refractivity contribution in [2.45, 2.75) is 0 Å². The summed E-state index contributed by atoms with van der Waals surface area (Å²) in [4.78, 5) is 15.0. The highest BCUT2D eigenvalue weighted by Gasteiger charge is 2.07. The van der Waals surface area contributed by atoms with Crippen LogP contribution in [0.5, 0.6) is 5.75 Å². The molecule has 0 saturated carbocycles. The van der Waals surface area contributed by atoms with Gasteiger partial charge in [-0.1, -0.05) is 15.9 Å². The second-order valence-corrected chi connectivity index (χ2v) is 4.62. The van der Waals surface area contributed by atoms with Crippen molar-refractivity contribution in [3.63, 3.8) is 0 Å². The topological polar surface area (TPSA) is 71.5 Å². The van der Waals surface area contributed by atoms with Gasteiger partial charge in [-0.2, -0.15) is 0 Å². The van der Waals surface area contributed by atoms with Gasteiger partial charge in [-0.05, 0) is 30.3 Å². The van der Waals surface area contributed by atoms with Gasteiger partial charge >= 0.3 is 5.97 Å². The van der Waals surface area contributed by atoms with Crippen LogP contribution in [0.2, 0.25) is 0 Å². The predicted molar refractivity (Wildman–Crippen MR) is 75.2 cm³/mol. The molecule has 5 nitrogen and oxygen atoms in total. The van der Waals surface area contributed by atoms with Gasteiger partial charge in [0.2, 0.25) is 0 Å². The molecule has 6 heteroatoms. The van der Waals surface area contributed by atoms with Crippen LogP contribution in [0.15, 0.2) is 41.0 Å². The highest BCUT2D eigenvalue weighted by atomic mass is 79.9. The number of nitrogens with one attached hydrogen (secondary N) is 1. The number of benzene rings is 1. The molecule has 2 aromatic rings. The molecule has 0 fully saturated rings. The van der Waals surface area contributed by atoms with E-state index in [-0.39, 0.29) is 5.56 Å². The van der Waals surface area contributed by atoms with Crippen LogP contribution < -0.4 is 10.1 Å². The van der Waals surface area contributed by atoms with E-state index in [1.165, 1.54) is 18.3 Å². The molecule has 1 aromatic heterocycles. The number of aromatic nitrogens is 1. The first-order valence-electron chi connectivity index (χ1n) is 5.40. The van der Waals surface area contributed by atoms with Crippen LogP contribution in [-0.4, -0.2) is 23.2 Å². The zero-order valence-electron chi connectivity index (χ0n) is 10.1. The summed E-state index contributed by atoms with van der Waals surface area (Å²) < 4.78 is 6.10. The Bertz CT molecular complexity index is 617. The first kappa shape index (κ1) is 13.4. The average molecular weight is 323 g/mol. The third kappa shape index (κ3) is 3.23. The van der Waals surface area contributed by atoms with Crippen LogP contribution in [0.25, 0.3) is 0 Å². The number of hydrogen-bond acceptors (Lipinski definition) is 4. The Labute approximate surface area is 118 Å². The van der Waals surface area contributed by atoms with E-state index < -0.39 is 5.97 Å². The maximum absolute atomic E-state index is 10.9. The van der Waals surface area contributed by atoms with Crippen molar-refractivity contribution in [1.29, 1.82) is 0 Å². The highest BCUT2D eigenvalue weighted by molar-refractivity contribution is 9.10. The number of nitrogens with zero attached hydrogens (tertiary/aromatic N) is 1. The number of aromatic carboxylic acids is 1. The van der Waals surface area contributed by atoms with Gasteiger partial charge < -0.3 is 15.2 Å². The minimum Gasteiger partial charge on any atom is -0.495 e. The zero-order valence-corrected chi connectivity index (χ0v) is 11.6. The largest absolute Gasteiger partial charge is 0.495 e. The standard InChI is InChI=1S/C13H11BrN2O3/c1-19-11-3-2-9(14)7-10(11)16-12-6-8(13(17)18)4-5-15-12/h2-7H,1H3,(H,15,16)(H,17,18). The lowest BCUT2D eigenvalue weighted by Gasteiger charge is -2.11. The van der Waals surface area contributed by atoms with Crippen LogP contribution in [0.1, 0.15) is 10.4 Å². The zero-order chi connectivity index (χ0) is 13.8. The Balaban J connectivity index is 2.33. The predicted octanol–water partition coefficient (Wildman–Crippen LogP) is 3.29. The number of carboxylic acid groups (broad SMARTS) is 1. The summed E-state index contributed by atoms with van der Waals surface area (Å²) in [5.74, 6) is 0.0914. The molecule has 2 N–H and O–H groups in total. The van der Waals surface area contributed by atoms with Crippen molar-refractivity contribution in [1.82, 2.24) is 4.98 Å². The number of ether oxygens (including phenoxy) is 1. The van der Waals surface area contributed by atoms with E-state index in [0.29, 0.717) is 17.3 Å². The van der Waals surface area contributed by atoms with Gasteiger partial charge in [-0.15, -0.1) is 0 Å². The summed E-state index contributed by atoms with van der Waals surface area (Å²) in [6.07, 6.45) is 1.44. The van der Waals surface area contributed by atoms with Gasteiger partial charge in [0.05, 0.1) is 18.4 Å². The van der Waals surface area contributed by atoms with Gasteiger partial charge in [0, 0.05) is 10.7 Å². The number of anilines is 2.